The monoisotopic (exact) mass is 275 g/mol. The maximum absolute atomic E-state index is 12.9. The van der Waals surface area contributed by atoms with Crippen LogP contribution in [0.4, 0.5) is 30.8 Å². The zero-order valence-electron chi connectivity index (χ0n) is 8.59. The van der Waals surface area contributed by atoms with Gasteiger partial charge < -0.3 is 11.1 Å². The van der Waals surface area contributed by atoms with E-state index in [1.807, 2.05) is 0 Å². The van der Waals surface area contributed by atoms with Crippen LogP contribution in [0.25, 0.3) is 0 Å². The highest BCUT2D eigenvalue weighted by Gasteiger charge is 2.11. The zero-order chi connectivity index (χ0) is 13.3. The Kier molecular flexibility index (Phi) is 3.19. The summed E-state index contributed by atoms with van der Waals surface area (Å²) in [7, 11) is 0. The van der Waals surface area contributed by atoms with Crippen LogP contribution in [0.5, 0.6) is 0 Å². The van der Waals surface area contributed by atoms with Crippen molar-refractivity contribution in [2.75, 3.05) is 11.1 Å². The van der Waals surface area contributed by atoms with Crippen LogP contribution in [0.1, 0.15) is 0 Å². The first-order chi connectivity index (χ1) is 8.45. The lowest BCUT2D eigenvalue weighted by Gasteiger charge is -2.06. The molecule has 0 bridgehead atoms. The van der Waals surface area contributed by atoms with Crippen molar-refractivity contribution in [1.82, 2.24) is 15.0 Å². The topological polar surface area (TPSA) is 76.7 Å². The van der Waals surface area contributed by atoms with E-state index in [0.29, 0.717) is 0 Å². The van der Waals surface area contributed by atoms with Gasteiger partial charge in [-0.25, -0.2) is 13.2 Å². The molecule has 0 aliphatic heterocycles. The number of hydrogen-bond donors (Lipinski definition) is 2. The fraction of sp³-hybridized carbons (Fsp3) is 0. The van der Waals surface area contributed by atoms with Gasteiger partial charge in [0.25, 0.3) is 0 Å². The molecule has 0 aliphatic rings. The van der Waals surface area contributed by atoms with E-state index in [1.54, 1.807) is 0 Å². The predicted octanol–water partition coefficient (Wildman–Crippen LogP) is 2.27. The molecule has 1 heterocycles. The quantitative estimate of drug-likeness (QED) is 0.822. The molecule has 0 fully saturated rings. The van der Waals surface area contributed by atoms with Crippen molar-refractivity contribution in [3.05, 3.63) is 34.9 Å². The van der Waals surface area contributed by atoms with E-state index < -0.39 is 17.5 Å². The molecule has 94 valence electrons. The molecular weight excluding hydrogens is 271 g/mol. The summed E-state index contributed by atoms with van der Waals surface area (Å²) in [6.07, 6.45) is 0. The highest BCUT2D eigenvalue weighted by molar-refractivity contribution is 6.28. The van der Waals surface area contributed by atoms with Crippen LogP contribution in [0.15, 0.2) is 12.1 Å². The van der Waals surface area contributed by atoms with Crippen LogP contribution in [0.3, 0.4) is 0 Å². The first kappa shape index (κ1) is 12.4. The second kappa shape index (κ2) is 4.65. The van der Waals surface area contributed by atoms with Crippen molar-refractivity contribution in [3.8, 4) is 0 Å². The average Bonchev–Trinajstić information content (AvgIpc) is 2.24. The molecule has 0 unspecified atom stereocenters. The minimum Gasteiger partial charge on any atom is -0.368 e. The number of benzene rings is 1. The van der Waals surface area contributed by atoms with Gasteiger partial charge in [-0.3, -0.25) is 0 Å². The van der Waals surface area contributed by atoms with Crippen LogP contribution in [0.2, 0.25) is 5.28 Å². The first-order valence-corrected chi connectivity index (χ1v) is 4.92. The number of hydrogen-bond acceptors (Lipinski definition) is 5. The molecule has 18 heavy (non-hydrogen) atoms. The van der Waals surface area contributed by atoms with Gasteiger partial charge >= 0.3 is 0 Å². The smallest absolute Gasteiger partial charge is 0.233 e. The number of nitrogens with zero attached hydrogens (tertiary/aromatic N) is 3. The molecular formula is C9H5ClF3N5. The van der Waals surface area contributed by atoms with E-state index in [4.69, 9.17) is 17.3 Å². The molecule has 0 radical (unpaired) electrons. The lowest BCUT2D eigenvalue weighted by molar-refractivity contribution is 0.448. The molecule has 2 rings (SSSR count). The molecule has 0 spiro atoms. The Balaban J connectivity index is 2.34. The highest BCUT2D eigenvalue weighted by Crippen LogP contribution is 2.20. The van der Waals surface area contributed by atoms with Crippen LogP contribution in [-0.2, 0) is 0 Å². The molecule has 2 aromatic rings. The number of halogens is 4. The maximum Gasteiger partial charge on any atom is 0.233 e. The fourth-order valence-electron chi connectivity index (χ4n) is 1.18. The summed E-state index contributed by atoms with van der Waals surface area (Å²) in [5.41, 5.74) is 5.21. The van der Waals surface area contributed by atoms with Crippen LogP contribution < -0.4 is 11.1 Å². The van der Waals surface area contributed by atoms with Crippen molar-refractivity contribution in [3.63, 3.8) is 0 Å². The summed E-state index contributed by atoms with van der Waals surface area (Å²) in [5.74, 6) is -4.52. The van der Waals surface area contributed by atoms with E-state index in [2.05, 4.69) is 20.3 Å². The third kappa shape index (κ3) is 2.59. The lowest BCUT2D eigenvalue weighted by Crippen LogP contribution is -2.04. The minimum atomic E-state index is -1.56. The Morgan fingerprint density at radius 3 is 2.22 bits per heavy atom. The number of nitrogens with one attached hydrogen (secondary N) is 1. The van der Waals surface area contributed by atoms with Crippen molar-refractivity contribution in [2.45, 2.75) is 0 Å². The number of nitrogens with two attached hydrogens (primary N) is 1. The zero-order valence-corrected chi connectivity index (χ0v) is 9.34. The summed E-state index contributed by atoms with van der Waals surface area (Å²) in [6, 6.07) is 1.48. The average molecular weight is 276 g/mol. The van der Waals surface area contributed by atoms with Gasteiger partial charge in [-0.05, 0) is 11.6 Å². The standard InChI is InChI=1S/C9H5ClF3N5/c10-7-16-8(14)18-9(17-7)15-3-1-4(11)6(13)5(12)2-3/h1-2H,(H3,14,15,16,17,18). The fourth-order valence-corrected chi connectivity index (χ4v) is 1.34. The molecule has 3 N–H and O–H groups in total. The number of anilines is 3. The van der Waals surface area contributed by atoms with E-state index in [0.717, 1.165) is 12.1 Å². The molecule has 0 saturated carbocycles. The van der Waals surface area contributed by atoms with Crippen LogP contribution >= 0.6 is 11.6 Å². The van der Waals surface area contributed by atoms with Crippen molar-refractivity contribution in [1.29, 1.82) is 0 Å². The van der Waals surface area contributed by atoms with E-state index in [1.165, 1.54) is 0 Å². The van der Waals surface area contributed by atoms with Crippen molar-refractivity contribution in [2.24, 2.45) is 0 Å². The van der Waals surface area contributed by atoms with Gasteiger partial charge in [-0.1, -0.05) is 0 Å². The second-order valence-corrected chi connectivity index (χ2v) is 3.50. The number of aromatic nitrogens is 3. The SMILES string of the molecule is Nc1nc(Cl)nc(Nc2cc(F)c(F)c(F)c2)n1. The van der Waals surface area contributed by atoms with Gasteiger partial charge in [0.05, 0.1) is 0 Å². The number of rotatable bonds is 2. The Morgan fingerprint density at radius 1 is 1.06 bits per heavy atom. The molecule has 0 atom stereocenters. The molecule has 5 nitrogen and oxygen atoms in total. The highest BCUT2D eigenvalue weighted by atomic mass is 35.5. The van der Waals surface area contributed by atoms with Gasteiger partial charge in [0.2, 0.25) is 17.2 Å². The van der Waals surface area contributed by atoms with Gasteiger partial charge in [-0.2, -0.15) is 15.0 Å². The van der Waals surface area contributed by atoms with Gasteiger partial charge in [0.15, 0.2) is 17.5 Å². The van der Waals surface area contributed by atoms with Crippen LogP contribution in [-0.4, -0.2) is 15.0 Å². The first-order valence-electron chi connectivity index (χ1n) is 4.54. The summed E-state index contributed by atoms with van der Waals surface area (Å²) in [4.78, 5) is 10.8. The molecule has 1 aromatic heterocycles. The van der Waals surface area contributed by atoms with E-state index in [-0.39, 0.29) is 22.9 Å². The Hall–Kier alpha value is -2.09. The molecule has 0 aliphatic carbocycles. The normalized spacial score (nSPS) is 10.4. The predicted molar refractivity (Wildman–Crippen MR) is 58.8 cm³/mol. The molecule has 0 amide bonds. The summed E-state index contributed by atoms with van der Waals surface area (Å²) in [6.45, 7) is 0. The summed E-state index contributed by atoms with van der Waals surface area (Å²) >= 11 is 5.51. The van der Waals surface area contributed by atoms with Gasteiger partial charge in [0.1, 0.15) is 0 Å². The summed E-state index contributed by atoms with van der Waals surface area (Å²) in [5, 5.41) is 2.23. The lowest BCUT2D eigenvalue weighted by atomic mass is 10.3. The third-order valence-corrected chi connectivity index (χ3v) is 2.03. The van der Waals surface area contributed by atoms with Crippen molar-refractivity contribution >= 4 is 29.2 Å². The summed E-state index contributed by atoms with van der Waals surface area (Å²) < 4.78 is 38.6. The second-order valence-electron chi connectivity index (χ2n) is 3.17. The van der Waals surface area contributed by atoms with E-state index in [9.17, 15) is 13.2 Å². The minimum absolute atomic E-state index is 0.0898. The third-order valence-electron chi connectivity index (χ3n) is 1.87. The molecule has 1 aromatic carbocycles. The Bertz CT molecular complexity index is 563. The van der Waals surface area contributed by atoms with Gasteiger partial charge in [-0.15, -0.1) is 0 Å². The van der Waals surface area contributed by atoms with Crippen molar-refractivity contribution < 1.29 is 13.2 Å². The maximum atomic E-state index is 12.9. The number of nitrogen functional groups attached to an aromatic ring is 1. The Labute approximate surface area is 104 Å². The van der Waals surface area contributed by atoms with Crippen LogP contribution in [0, 0.1) is 17.5 Å². The largest absolute Gasteiger partial charge is 0.368 e. The van der Waals surface area contributed by atoms with Gasteiger partial charge in [0, 0.05) is 17.8 Å². The molecule has 9 heteroatoms. The Morgan fingerprint density at radius 2 is 1.67 bits per heavy atom. The molecule has 0 saturated heterocycles. The van der Waals surface area contributed by atoms with E-state index >= 15 is 0 Å².